The lowest BCUT2D eigenvalue weighted by molar-refractivity contribution is 0.249. The van der Waals surface area contributed by atoms with Crippen molar-refractivity contribution in [3.05, 3.63) is 53.5 Å². The largest absolute Gasteiger partial charge is 0.354 e. The van der Waals surface area contributed by atoms with Crippen LogP contribution in [0.4, 0.5) is 5.82 Å². The highest BCUT2D eigenvalue weighted by atomic mass is 15.4. The molecule has 0 radical (unpaired) electrons. The molecule has 1 aromatic carbocycles. The molecular formula is C18H22N6. The smallest absolute Gasteiger partial charge is 0.254 e. The Labute approximate surface area is 141 Å². The van der Waals surface area contributed by atoms with Crippen molar-refractivity contribution in [2.45, 2.75) is 20.4 Å². The second-order valence-electron chi connectivity index (χ2n) is 6.48. The molecule has 1 fully saturated rings. The average Bonchev–Trinajstić information content (AvgIpc) is 3.03. The Morgan fingerprint density at radius 2 is 1.88 bits per heavy atom. The molecule has 6 heteroatoms. The van der Waals surface area contributed by atoms with Crippen molar-refractivity contribution in [2.75, 3.05) is 31.1 Å². The predicted molar refractivity (Wildman–Crippen MR) is 94.2 cm³/mol. The van der Waals surface area contributed by atoms with E-state index in [4.69, 9.17) is 0 Å². The molecule has 0 saturated carbocycles. The standard InChI is InChI=1S/C18H22N6/c1-14-4-3-5-16(10-14)12-22-6-8-23(9-7-22)17-11-15(2)21-18-19-13-20-24(17)18/h3-5,10-11,13H,6-9,12H2,1-2H3. The summed E-state index contributed by atoms with van der Waals surface area (Å²) >= 11 is 0. The van der Waals surface area contributed by atoms with Gasteiger partial charge >= 0.3 is 0 Å². The van der Waals surface area contributed by atoms with E-state index in [1.165, 1.54) is 11.1 Å². The van der Waals surface area contributed by atoms with Crippen molar-refractivity contribution >= 4 is 11.6 Å². The van der Waals surface area contributed by atoms with Gasteiger partial charge in [-0.3, -0.25) is 4.90 Å². The van der Waals surface area contributed by atoms with Crippen LogP contribution >= 0.6 is 0 Å². The van der Waals surface area contributed by atoms with E-state index in [0.717, 1.165) is 44.2 Å². The normalized spacial score (nSPS) is 16.0. The molecule has 3 heterocycles. The first kappa shape index (κ1) is 15.1. The highest BCUT2D eigenvalue weighted by Crippen LogP contribution is 2.18. The summed E-state index contributed by atoms with van der Waals surface area (Å²) in [6, 6.07) is 10.9. The van der Waals surface area contributed by atoms with Crippen LogP contribution in [0.15, 0.2) is 36.7 Å². The van der Waals surface area contributed by atoms with Gasteiger partial charge in [0.05, 0.1) is 0 Å². The van der Waals surface area contributed by atoms with E-state index in [9.17, 15) is 0 Å². The van der Waals surface area contributed by atoms with Gasteiger partial charge < -0.3 is 4.90 Å². The lowest BCUT2D eigenvalue weighted by atomic mass is 10.1. The predicted octanol–water partition coefficient (Wildman–Crippen LogP) is 2.06. The molecule has 0 spiro atoms. The molecule has 0 atom stereocenters. The zero-order valence-electron chi connectivity index (χ0n) is 14.2. The summed E-state index contributed by atoms with van der Waals surface area (Å²) in [6.45, 7) is 9.25. The molecule has 0 N–H and O–H groups in total. The Bertz CT molecular complexity index is 848. The molecule has 2 aromatic heterocycles. The van der Waals surface area contributed by atoms with Crippen molar-refractivity contribution in [3.63, 3.8) is 0 Å². The summed E-state index contributed by atoms with van der Waals surface area (Å²) in [6.07, 6.45) is 1.57. The molecule has 3 aromatic rings. The Morgan fingerprint density at radius 3 is 2.67 bits per heavy atom. The Hall–Kier alpha value is -2.47. The first-order chi connectivity index (χ1) is 11.7. The summed E-state index contributed by atoms with van der Waals surface area (Å²) in [4.78, 5) is 13.5. The number of hydrogen-bond donors (Lipinski definition) is 0. The maximum atomic E-state index is 4.42. The van der Waals surface area contributed by atoms with E-state index in [1.54, 1.807) is 6.33 Å². The summed E-state index contributed by atoms with van der Waals surface area (Å²) in [5.74, 6) is 1.76. The summed E-state index contributed by atoms with van der Waals surface area (Å²) in [5, 5.41) is 4.32. The third-order valence-corrected chi connectivity index (χ3v) is 4.55. The quantitative estimate of drug-likeness (QED) is 0.739. The molecule has 0 unspecified atom stereocenters. The van der Waals surface area contributed by atoms with E-state index in [0.29, 0.717) is 5.78 Å². The van der Waals surface area contributed by atoms with Gasteiger partial charge in [-0.15, -0.1) is 0 Å². The minimum Gasteiger partial charge on any atom is -0.354 e. The van der Waals surface area contributed by atoms with Crippen LogP contribution in [-0.2, 0) is 6.54 Å². The van der Waals surface area contributed by atoms with Crippen LogP contribution < -0.4 is 4.90 Å². The lowest BCUT2D eigenvalue weighted by Gasteiger charge is -2.36. The van der Waals surface area contributed by atoms with Gasteiger partial charge in [0.2, 0.25) is 0 Å². The first-order valence-corrected chi connectivity index (χ1v) is 8.39. The molecule has 1 saturated heterocycles. The number of fused-ring (bicyclic) bond motifs is 1. The van der Waals surface area contributed by atoms with Crippen molar-refractivity contribution < 1.29 is 0 Å². The maximum Gasteiger partial charge on any atom is 0.254 e. The Morgan fingerprint density at radius 1 is 1.04 bits per heavy atom. The Kier molecular flexibility index (Phi) is 3.90. The maximum absolute atomic E-state index is 4.42. The van der Waals surface area contributed by atoms with Crippen molar-refractivity contribution in [1.82, 2.24) is 24.5 Å². The minimum atomic E-state index is 0.673. The third kappa shape index (κ3) is 2.97. The van der Waals surface area contributed by atoms with E-state index in [1.807, 2.05) is 11.4 Å². The number of anilines is 1. The monoisotopic (exact) mass is 322 g/mol. The topological polar surface area (TPSA) is 49.6 Å². The van der Waals surface area contributed by atoms with Gasteiger partial charge in [0.1, 0.15) is 12.1 Å². The number of nitrogens with zero attached hydrogens (tertiary/aromatic N) is 6. The lowest BCUT2D eigenvalue weighted by Crippen LogP contribution is -2.46. The van der Waals surface area contributed by atoms with Crippen molar-refractivity contribution in [1.29, 1.82) is 0 Å². The second kappa shape index (κ2) is 6.20. The van der Waals surface area contributed by atoms with Gasteiger partial charge in [-0.05, 0) is 19.4 Å². The van der Waals surface area contributed by atoms with E-state index in [-0.39, 0.29) is 0 Å². The van der Waals surface area contributed by atoms with Crippen LogP contribution in [0, 0.1) is 13.8 Å². The fourth-order valence-corrected chi connectivity index (χ4v) is 3.34. The van der Waals surface area contributed by atoms with Crippen molar-refractivity contribution in [3.8, 4) is 0 Å². The van der Waals surface area contributed by atoms with Crippen LogP contribution in [0.5, 0.6) is 0 Å². The minimum absolute atomic E-state index is 0.673. The SMILES string of the molecule is Cc1cccc(CN2CCN(c3cc(C)nc4ncnn34)CC2)c1. The van der Waals surface area contributed by atoms with Crippen molar-refractivity contribution in [2.24, 2.45) is 0 Å². The molecule has 4 rings (SSSR count). The molecular weight excluding hydrogens is 300 g/mol. The molecule has 1 aliphatic rings. The van der Waals surface area contributed by atoms with Crippen LogP contribution in [-0.4, -0.2) is 50.7 Å². The highest BCUT2D eigenvalue weighted by Gasteiger charge is 2.20. The third-order valence-electron chi connectivity index (χ3n) is 4.55. The van der Waals surface area contributed by atoms with Crippen LogP contribution in [0.2, 0.25) is 0 Å². The number of aryl methyl sites for hydroxylation is 2. The van der Waals surface area contributed by atoms with Gasteiger partial charge in [0.25, 0.3) is 5.78 Å². The van der Waals surface area contributed by atoms with E-state index < -0.39 is 0 Å². The summed E-state index contributed by atoms with van der Waals surface area (Å²) in [7, 11) is 0. The first-order valence-electron chi connectivity index (χ1n) is 8.39. The number of piperazine rings is 1. The Balaban J connectivity index is 1.46. The van der Waals surface area contributed by atoms with Crippen LogP contribution in [0.3, 0.4) is 0 Å². The van der Waals surface area contributed by atoms with Gasteiger partial charge in [-0.2, -0.15) is 14.6 Å². The molecule has 24 heavy (non-hydrogen) atoms. The van der Waals surface area contributed by atoms with E-state index >= 15 is 0 Å². The molecule has 0 bridgehead atoms. The number of hydrogen-bond acceptors (Lipinski definition) is 5. The molecule has 124 valence electrons. The summed E-state index contributed by atoms with van der Waals surface area (Å²) < 4.78 is 1.84. The number of aromatic nitrogens is 4. The van der Waals surface area contributed by atoms with Crippen LogP contribution in [0.25, 0.3) is 5.78 Å². The van der Waals surface area contributed by atoms with Gasteiger partial charge in [-0.25, -0.2) is 4.98 Å². The van der Waals surface area contributed by atoms with Gasteiger partial charge in [0, 0.05) is 44.5 Å². The zero-order chi connectivity index (χ0) is 16.5. The van der Waals surface area contributed by atoms with Gasteiger partial charge in [0.15, 0.2) is 0 Å². The average molecular weight is 322 g/mol. The second-order valence-corrected chi connectivity index (χ2v) is 6.48. The number of benzene rings is 1. The molecule has 6 nitrogen and oxygen atoms in total. The molecule has 0 aliphatic carbocycles. The highest BCUT2D eigenvalue weighted by molar-refractivity contribution is 5.47. The molecule has 0 amide bonds. The zero-order valence-corrected chi connectivity index (χ0v) is 14.2. The fraction of sp³-hybridized carbons (Fsp3) is 0.389. The fourth-order valence-electron chi connectivity index (χ4n) is 3.34. The van der Waals surface area contributed by atoms with E-state index in [2.05, 4.69) is 62.1 Å². The van der Waals surface area contributed by atoms with Crippen LogP contribution in [0.1, 0.15) is 16.8 Å². The van der Waals surface area contributed by atoms with Gasteiger partial charge in [-0.1, -0.05) is 29.8 Å². The number of rotatable bonds is 3. The molecule has 1 aliphatic heterocycles. The summed E-state index contributed by atoms with van der Waals surface area (Å²) in [5.41, 5.74) is 3.70.